The highest BCUT2D eigenvalue weighted by Crippen LogP contribution is 2.39. The standard InChI is InChI=1S/C20H23FN4O3/c21-15-2-4-17(24-8-11-5-13(24)7-22-11)14-9-25(20(28)19(14)15)12-1-3-16(23-6-12)18(27)10-26/h2,4,10-13,16,22-23H,1,3,5-9H2. The van der Waals surface area contributed by atoms with Gasteiger partial charge in [-0.15, -0.1) is 0 Å². The first kappa shape index (κ1) is 17.8. The minimum Gasteiger partial charge on any atom is -0.365 e. The number of hydrogen-bond donors (Lipinski definition) is 2. The summed E-state index contributed by atoms with van der Waals surface area (Å²) >= 11 is 0. The molecule has 0 saturated carbocycles. The van der Waals surface area contributed by atoms with Crippen molar-refractivity contribution in [1.82, 2.24) is 15.5 Å². The number of amides is 1. The summed E-state index contributed by atoms with van der Waals surface area (Å²) in [5.74, 6) is -1.20. The van der Waals surface area contributed by atoms with Crippen LogP contribution in [0.5, 0.6) is 0 Å². The van der Waals surface area contributed by atoms with E-state index in [2.05, 4.69) is 15.5 Å². The largest absolute Gasteiger partial charge is 0.365 e. The zero-order chi connectivity index (χ0) is 19.4. The number of nitrogens with zero attached hydrogens (tertiary/aromatic N) is 2. The molecule has 0 aliphatic carbocycles. The summed E-state index contributed by atoms with van der Waals surface area (Å²) in [7, 11) is 0. The maximum atomic E-state index is 14.6. The number of fused-ring (bicyclic) bond motifs is 3. The summed E-state index contributed by atoms with van der Waals surface area (Å²) in [6.07, 6.45) is 2.54. The van der Waals surface area contributed by atoms with E-state index in [0.29, 0.717) is 44.3 Å². The highest BCUT2D eigenvalue weighted by atomic mass is 19.1. The summed E-state index contributed by atoms with van der Waals surface area (Å²) in [6.45, 7) is 2.63. The molecular formula is C20H23FN4O3. The number of rotatable bonds is 4. The normalized spacial score (nSPS) is 31.4. The summed E-state index contributed by atoms with van der Waals surface area (Å²) in [5, 5.41) is 6.53. The quantitative estimate of drug-likeness (QED) is 0.569. The molecule has 4 unspecified atom stereocenters. The summed E-state index contributed by atoms with van der Waals surface area (Å²) in [5.41, 5.74) is 1.95. The van der Waals surface area contributed by atoms with Crippen LogP contribution in [0.1, 0.15) is 35.2 Å². The Kier molecular flexibility index (Phi) is 4.21. The minimum atomic E-state index is -0.478. The number of piperidine rings is 1. The predicted molar refractivity (Wildman–Crippen MR) is 99.7 cm³/mol. The van der Waals surface area contributed by atoms with Crippen LogP contribution >= 0.6 is 0 Å². The first-order valence-corrected chi connectivity index (χ1v) is 9.91. The Hall–Kier alpha value is -2.32. The van der Waals surface area contributed by atoms with Gasteiger partial charge in [0.05, 0.1) is 11.6 Å². The monoisotopic (exact) mass is 386 g/mol. The van der Waals surface area contributed by atoms with E-state index in [9.17, 15) is 18.8 Å². The fourth-order valence-corrected chi connectivity index (χ4v) is 5.24. The molecular weight excluding hydrogens is 363 g/mol. The Morgan fingerprint density at radius 1 is 1.14 bits per heavy atom. The van der Waals surface area contributed by atoms with Crippen molar-refractivity contribution in [3.63, 3.8) is 0 Å². The maximum absolute atomic E-state index is 14.6. The van der Waals surface area contributed by atoms with Gasteiger partial charge in [-0.25, -0.2) is 4.39 Å². The second-order valence-electron chi connectivity index (χ2n) is 8.21. The molecule has 7 nitrogen and oxygen atoms in total. The van der Waals surface area contributed by atoms with Gasteiger partial charge in [-0.1, -0.05) is 0 Å². The average Bonchev–Trinajstić information content (AvgIpc) is 3.43. The Bertz CT molecular complexity index is 852. The number of nitrogens with one attached hydrogen (secondary N) is 2. The fraction of sp³-hybridized carbons (Fsp3) is 0.550. The van der Waals surface area contributed by atoms with Crippen LogP contribution in [0.15, 0.2) is 12.1 Å². The molecule has 2 bridgehead atoms. The lowest BCUT2D eigenvalue weighted by atomic mass is 9.97. The molecule has 1 aromatic carbocycles. The summed E-state index contributed by atoms with van der Waals surface area (Å²) in [4.78, 5) is 39.3. The molecule has 8 heteroatoms. The van der Waals surface area contributed by atoms with Gasteiger partial charge in [0, 0.05) is 55.6 Å². The number of carbonyl (C=O) groups is 3. The lowest BCUT2D eigenvalue weighted by molar-refractivity contribution is -0.131. The molecule has 0 aromatic heterocycles. The van der Waals surface area contributed by atoms with E-state index in [1.54, 1.807) is 4.90 Å². The van der Waals surface area contributed by atoms with E-state index >= 15 is 0 Å². The molecule has 28 heavy (non-hydrogen) atoms. The number of halogens is 1. The van der Waals surface area contributed by atoms with Crippen molar-refractivity contribution in [3.05, 3.63) is 29.1 Å². The van der Waals surface area contributed by atoms with Gasteiger partial charge in [-0.2, -0.15) is 0 Å². The first-order valence-electron chi connectivity index (χ1n) is 9.91. The van der Waals surface area contributed by atoms with Gasteiger partial charge < -0.3 is 20.4 Å². The smallest absolute Gasteiger partial charge is 0.257 e. The molecule has 4 atom stereocenters. The van der Waals surface area contributed by atoms with E-state index in [4.69, 9.17) is 0 Å². The van der Waals surface area contributed by atoms with E-state index < -0.39 is 17.6 Å². The van der Waals surface area contributed by atoms with Gasteiger partial charge >= 0.3 is 0 Å². The molecule has 148 valence electrons. The number of piperazine rings is 1. The number of aldehydes is 1. The topological polar surface area (TPSA) is 81.8 Å². The van der Waals surface area contributed by atoms with Crippen molar-refractivity contribution < 1.29 is 18.8 Å². The number of Topliss-reactive ketones (excluding diaryl/α,β-unsaturated/α-hetero) is 1. The third-order valence-electron chi connectivity index (χ3n) is 6.70. The highest BCUT2D eigenvalue weighted by molar-refractivity contribution is 6.27. The van der Waals surface area contributed by atoms with Crippen LogP contribution in [0.25, 0.3) is 0 Å². The number of benzene rings is 1. The number of ketones is 1. The van der Waals surface area contributed by atoms with Crippen molar-refractivity contribution >= 4 is 23.7 Å². The van der Waals surface area contributed by atoms with E-state index in [1.807, 2.05) is 6.07 Å². The molecule has 4 aliphatic rings. The second-order valence-corrected chi connectivity index (χ2v) is 8.21. The highest BCUT2D eigenvalue weighted by Gasteiger charge is 2.43. The van der Waals surface area contributed by atoms with Crippen LogP contribution in [0, 0.1) is 5.82 Å². The Morgan fingerprint density at radius 2 is 1.96 bits per heavy atom. The Balaban J connectivity index is 1.38. The van der Waals surface area contributed by atoms with Crippen LogP contribution in [0.2, 0.25) is 0 Å². The van der Waals surface area contributed by atoms with Gasteiger partial charge in [0.15, 0.2) is 6.29 Å². The molecule has 1 aromatic rings. The average molecular weight is 386 g/mol. The first-order chi connectivity index (χ1) is 13.6. The lowest BCUT2D eigenvalue weighted by Gasteiger charge is -2.34. The van der Waals surface area contributed by atoms with E-state index in [0.717, 1.165) is 30.8 Å². The van der Waals surface area contributed by atoms with Crippen molar-refractivity contribution in [2.45, 2.75) is 50.0 Å². The number of carbonyl (C=O) groups excluding carboxylic acids is 3. The van der Waals surface area contributed by atoms with Crippen LogP contribution < -0.4 is 15.5 Å². The molecule has 1 amide bonds. The Labute approximate surface area is 162 Å². The Morgan fingerprint density at radius 3 is 2.61 bits per heavy atom. The zero-order valence-electron chi connectivity index (χ0n) is 15.5. The molecule has 2 N–H and O–H groups in total. The molecule has 0 spiro atoms. The van der Waals surface area contributed by atoms with Crippen LogP contribution in [0.3, 0.4) is 0 Å². The predicted octanol–water partition coefficient (Wildman–Crippen LogP) is 0.221. The second kappa shape index (κ2) is 6.63. The molecule has 5 rings (SSSR count). The molecule has 4 aliphatic heterocycles. The fourth-order valence-electron chi connectivity index (χ4n) is 5.24. The van der Waals surface area contributed by atoms with Crippen molar-refractivity contribution in [2.75, 3.05) is 24.5 Å². The van der Waals surface area contributed by atoms with Crippen LogP contribution in [-0.2, 0) is 16.1 Å². The maximum Gasteiger partial charge on any atom is 0.257 e. The lowest BCUT2D eigenvalue weighted by Crippen LogP contribution is -2.52. The van der Waals surface area contributed by atoms with E-state index in [-0.39, 0.29) is 17.5 Å². The van der Waals surface area contributed by atoms with Gasteiger partial charge in [-0.3, -0.25) is 14.4 Å². The molecule has 3 fully saturated rings. The van der Waals surface area contributed by atoms with Gasteiger partial charge in [0.1, 0.15) is 5.82 Å². The van der Waals surface area contributed by atoms with E-state index in [1.165, 1.54) is 6.07 Å². The zero-order valence-corrected chi connectivity index (χ0v) is 15.5. The van der Waals surface area contributed by atoms with Crippen molar-refractivity contribution in [1.29, 1.82) is 0 Å². The number of anilines is 1. The third-order valence-corrected chi connectivity index (χ3v) is 6.70. The number of hydrogen-bond acceptors (Lipinski definition) is 6. The van der Waals surface area contributed by atoms with Crippen LogP contribution in [-0.4, -0.2) is 66.7 Å². The van der Waals surface area contributed by atoms with Crippen molar-refractivity contribution in [3.8, 4) is 0 Å². The molecule has 0 radical (unpaired) electrons. The van der Waals surface area contributed by atoms with Crippen LogP contribution in [0.4, 0.5) is 10.1 Å². The molecule has 3 saturated heterocycles. The van der Waals surface area contributed by atoms with Gasteiger partial charge in [0.2, 0.25) is 5.78 Å². The third kappa shape index (κ3) is 2.66. The summed E-state index contributed by atoms with van der Waals surface area (Å²) in [6, 6.07) is 3.49. The van der Waals surface area contributed by atoms with Gasteiger partial charge in [0.25, 0.3) is 5.91 Å². The van der Waals surface area contributed by atoms with Gasteiger partial charge in [-0.05, 0) is 31.4 Å². The van der Waals surface area contributed by atoms with Crippen molar-refractivity contribution in [2.24, 2.45) is 0 Å². The summed E-state index contributed by atoms with van der Waals surface area (Å²) < 4.78 is 14.6. The minimum absolute atomic E-state index is 0.112. The molecule has 4 heterocycles. The SMILES string of the molecule is O=CC(=O)C1CCC(N2Cc3c(N4CC5CC4CN5)ccc(F)c3C2=O)CN1.